The van der Waals surface area contributed by atoms with Gasteiger partial charge in [-0.1, -0.05) is 30.3 Å². The minimum Gasteiger partial charge on any atom is -0.341 e. The van der Waals surface area contributed by atoms with Crippen molar-refractivity contribution in [2.24, 2.45) is 0 Å². The Hall–Kier alpha value is -2.83. The molecule has 118 valence electrons. The molecule has 0 saturated heterocycles. The van der Waals surface area contributed by atoms with Crippen LogP contribution in [0.4, 0.5) is 13.2 Å². The number of carbonyl (C=O) groups excluding carboxylic acids is 1. The third-order valence-electron chi connectivity index (χ3n) is 3.46. The first kappa shape index (κ1) is 15.1. The molecule has 0 atom stereocenters. The number of carbonyl (C=O) groups is 1. The maximum absolute atomic E-state index is 12.7. The van der Waals surface area contributed by atoms with E-state index in [1.165, 1.54) is 16.7 Å². The Labute approximate surface area is 128 Å². The van der Waals surface area contributed by atoms with Gasteiger partial charge in [-0.3, -0.25) is 9.59 Å². The van der Waals surface area contributed by atoms with Gasteiger partial charge in [-0.05, 0) is 11.6 Å². The molecule has 3 rings (SSSR count). The van der Waals surface area contributed by atoms with Crippen LogP contribution in [-0.2, 0) is 6.54 Å². The molecular weight excluding hydrogens is 309 g/mol. The zero-order chi connectivity index (χ0) is 16.6. The van der Waals surface area contributed by atoms with Gasteiger partial charge in [-0.2, -0.15) is 13.2 Å². The molecule has 0 spiro atoms. The predicted octanol–water partition coefficient (Wildman–Crippen LogP) is 3.12. The van der Waals surface area contributed by atoms with E-state index < -0.39 is 23.1 Å². The SMILES string of the molecule is O=C(c1cn(Cc2ccccc2)c2ccc(=O)[nH]c12)C(F)(F)F. The van der Waals surface area contributed by atoms with Gasteiger partial charge in [0.1, 0.15) is 0 Å². The van der Waals surface area contributed by atoms with Crippen LogP contribution in [0.1, 0.15) is 15.9 Å². The van der Waals surface area contributed by atoms with Gasteiger partial charge in [0.25, 0.3) is 5.78 Å². The lowest BCUT2D eigenvalue weighted by Gasteiger charge is -2.04. The van der Waals surface area contributed by atoms with Crippen LogP contribution in [0.3, 0.4) is 0 Å². The van der Waals surface area contributed by atoms with Crippen LogP contribution in [0.2, 0.25) is 0 Å². The maximum Gasteiger partial charge on any atom is 0.455 e. The van der Waals surface area contributed by atoms with Crippen molar-refractivity contribution >= 4 is 16.8 Å². The van der Waals surface area contributed by atoms with Crippen molar-refractivity contribution in [3.05, 3.63) is 70.1 Å². The summed E-state index contributed by atoms with van der Waals surface area (Å²) < 4.78 is 39.8. The van der Waals surface area contributed by atoms with E-state index in [1.54, 1.807) is 0 Å². The normalized spacial score (nSPS) is 11.8. The highest BCUT2D eigenvalue weighted by molar-refractivity contribution is 6.09. The van der Waals surface area contributed by atoms with Crippen molar-refractivity contribution in [1.29, 1.82) is 0 Å². The Morgan fingerprint density at radius 1 is 1.09 bits per heavy atom. The minimum absolute atomic E-state index is 0.101. The van der Waals surface area contributed by atoms with E-state index in [-0.39, 0.29) is 12.1 Å². The molecule has 1 N–H and O–H groups in total. The Morgan fingerprint density at radius 3 is 2.43 bits per heavy atom. The number of nitrogens with zero attached hydrogens (tertiary/aromatic N) is 1. The number of rotatable bonds is 3. The van der Waals surface area contributed by atoms with Crippen LogP contribution in [0.25, 0.3) is 11.0 Å². The van der Waals surface area contributed by atoms with E-state index in [1.807, 2.05) is 30.3 Å². The summed E-state index contributed by atoms with van der Waals surface area (Å²) in [4.78, 5) is 25.3. The van der Waals surface area contributed by atoms with Crippen molar-refractivity contribution in [2.75, 3.05) is 0 Å². The summed E-state index contributed by atoms with van der Waals surface area (Å²) in [5.74, 6) is -1.98. The Morgan fingerprint density at radius 2 is 1.78 bits per heavy atom. The fourth-order valence-corrected chi connectivity index (χ4v) is 2.44. The van der Waals surface area contributed by atoms with Gasteiger partial charge in [0, 0.05) is 18.8 Å². The third-order valence-corrected chi connectivity index (χ3v) is 3.46. The van der Waals surface area contributed by atoms with Crippen molar-refractivity contribution < 1.29 is 18.0 Å². The fourth-order valence-electron chi connectivity index (χ4n) is 2.44. The number of nitrogens with one attached hydrogen (secondary N) is 1. The molecule has 0 aliphatic rings. The lowest BCUT2D eigenvalue weighted by Crippen LogP contribution is -2.23. The molecule has 0 amide bonds. The van der Waals surface area contributed by atoms with Gasteiger partial charge in [-0.25, -0.2) is 0 Å². The number of H-pyrrole nitrogens is 1. The molecular formula is C16H11F3N2O2. The summed E-state index contributed by atoms with van der Waals surface area (Å²) >= 11 is 0. The molecule has 4 nitrogen and oxygen atoms in total. The molecule has 23 heavy (non-hydrogen) atoms. The average Bonchev–Trinajstić information content (AvgIpc) is 2.84. The first-order chi connectivity index (χ1) is 10.9. The van der Waals surface area contributed by atoms with E-state index in [0.717, 1.165) is 11.8 Å². The van der Waals surface area contributed by atoms with Crippen LogP contribution in [-0.4, -0.2) is 21.5 Å². The second-order valence-corrected chi connectivity index (χ2v) is 5.07. The van der Waals surface area contributed by atoms with Crippen molar-refractivity contribution in [2.45, 2.75) is 12.7 Å². The second kappa shape index (κ2) is 5.42. The Balaban J connectivity index is 2.16. The molecule has 0 aliphatic carbocycles. The van der Waals surface area contributed by atoms with Crippen molar-refractivity contribution in [3.63, 3.8) is 0 Å². The molecule has 2 heterocycles. The van der Waals surface area contributed by atoms with Crippen LogP contribution in [0.15, 0.2) is 53.5 Å². The van der Waals surface area contributed by atoms with Crippen LogP contribution < -0.4 is 5.56 Å². The van der Waals surface area contributed by atoms with E-state index >= 15 is 0 Å². The number of hydrogen-bond donors (Lipinski definition) is 1. The molecule has 0 saturated carbocycles. The summed E-state index contributed by atoms with van der Waals surface area (Å²) in [7, 11) is 0. The highest BCUT2D eigenvalue weighted by Gasteiger charge is 2.41. The lowest BCUT2D eigenvalue weighted by molar-refractivity contribution is -0.0884. The Bertz CT molecular complexity index is 924. The Kier molecular flexibility index (Phi) is 3.55. The van der Waals surface area contributed by atoms with Crippen LogP contribution >= 0.6 is 0 Å². The van der Waals surface area contributed by atoms with Crippen LogP contribution in [0, 0.1) is 0 Å². The van der Waals surface area contributed by atoms with E-state index in [9.17, 15) is 22.8 Å². The number of benzene rings is 1. The summed E-state index contributed by atoms with van der Waals surface area (Å²) in [5.41, 5.74) is 0.00531. The number of Topliss-reactive ketones (excluding diaryl/α,β-unsaturated/α-hetero) is 1. The third kappa shape index (κ3) is 2.90. The molecule has 0 radical (unpaired) electrons. The van der Waals surface area contributed by atoms with Gasteiger partial charge in [0.2, 0.25) is 5.56 Å². The van der Waals surface area contributed by atoms with Gasteiger partial charge in [0.15, 0.2) is 0 Å². The number of ketones is 1. The maximum atomic E-state index is 12.7. The highest BCUT2D eigenvalue weighted by atomic mass is 19.4. The zero-order valence-electron chi connectivity index (χ0n) is 11.7. The van der Waals surface area contributed by atoms with Crippen molar-refractivity contribution in [1.82, 2.24) is 9.55 Å². The number of hydrogen-bond acceptors (Lipinski definition) is 2. The standard InChI is InChI=1S/C16H11F3N2O2/c17-16(18,19)15(23)11-9-21(8-10-4-2-1-3-5-10)12-6-7-13(22)20-14(11)12/h1-7,9H,8H2,(H,20,22). The second-order valence-electron chi connectivity index (χ2n) is 5.07. The summed E-state index contributed by atoms with van der Waals surface area (Å²) in [5, 5.41) is 0. The summed E-state index contributed by atoms with van der Waals surface area (Å²) in [6.45, 7) is 0.286. The van der Waals surface area contributed by atoms with E-state index in [2.05, 4.69) is 4.98 Å². The zero-order valence-corrected chi connectivity index (χ0v) is 11.7. The first-order valence-electron chi connectivity index (χ1n) is 6.74. The number of aromatic nitrogens is 2. The molecule has 0 unspecified atom stereocenters. The molecule has 1 aromatic carbocycles. The molecule has 0 fully saturated rings. The minimum atomic E-state index is -5.00. The highest BCUT2D eigenvalue weighted by Crippen LogP contribution is 2.27. The largest absolute Gasteiger partial charge is 0.455 e. The van der Waals surface area contributed by atoms with Gasteiger partial charge >= 0.3 is 6.18 Å². The fraction of sp³-hybridized carbons (Fsp3) is 0.125. The molecule has 0 aliphatic heterocycles. The monoisotopic (exact) mass is 320 g/mol. The van der Waals surface area contributed by atoms with Gasteiger partial charge in [0.05, 0.1) is 16.6 Å². The number of alkyl halides is 3. The van der Waals surface area contributed by atoms with Crippen molar-refractivity contribution in [3.8, 4) is 0 Å². The number of pyridine rings is 1. The summed E-state index contributed by atoms with van der Waals surface area (Å²) in [6, 6.07) is 11.7. The molecule has 2 aromatic heterocycles. The number of aromatic amines is 1. The number of halogens is 3. The molecule has 7 heteroatoms. The first-order valence-corrected chi connectivity index (χ1v) is 6.74. The lowest BCUT2D eigenvalue weighted by atomic mass is 10.2. The molecule has 0 bridgehead atoms. The van der Waals surface area contributed by atoms with Crippen LogP contribution in [0.5, 0.6) is 0 Å². The number of fused-ring (bicyclic) bond motifs is 1. The summed E-state index contributed by atoms with van der Waals surface area (Å²) in [6.07, 6.45) is -3.87. The quantitative estimate of drug-likeness (QED) is 0.754. The topological polar surface area (TPSA) is 54.9 Å². The average molecular weight is 320 g/mol. The smallest absolute Gasteiger partial charge is 0.341 e. The van der Waals surface area contributed by atoms with Gasteiger partial charge in [-0.15, -0.1) is 0 Å². The van der Waals surface area contributed by atoms with Gasteiger partial charge < -0.3 is 9.55 Å². The molecule has 3 aromatic rings. The van der Waals surface area contributed by atoms with E-state index in [4.69, 9.17) is 0 Å². The van der Waals surface area contributed by atoms with E-state index in [0.29, 0.717) is 5.52 Å². The predicted molar refractivity (Wildman–Crippen MR) is 78.5 cm³/mol.